The van der Waals surface area contributed by atoms with Crippen molar-refractivity contribution < 1.29 is 14.3 Å². The highest BCUT2D eigenvalue weighted by Crippen LogP contribution is 2.28. The Hall–Kier alpha value is -0.650. The van der Waals surface area contributed by atoms with Crippen LogP contribution in [-0.4, -0.2) is 62.9 Å². The van der Waals surface area contributed by atoms with Crippen molar-refractivity contribution in [1.82, 2.24) is 10.2 Å². The Morgan fingerprint density at radius 2 is 2.28 bits per heavy atom. The van der Waals surface area contributed by atoms with E-state index in [1.54, 1.807) is 4.90 Å². The second-order valence-corrected chi connectivity index (χ2v) is 5.29. The molecule has 1 aliphatic carbocycles. The molecule has 1 saturated carbocycles. The number of carbonyl (C=O) groups is 1. The number of carbonyl (C=O) groups excluding carboxylic acids is 1. The zero-order chi connectivity index (χ0) is 13.0. The third-order valence-electron chi connectivity index (χ3n) is 3.58. The van der Waals surface area contributed by atoms with Crippen molar-refractivity contribution >= 4 is 5.91 Å². The topological polar surface area (TPSA) is 50.8 Å². The first kappa shape index (κ1) is 13.8. The van der Waals surface area contributed by atoms with Gasteiger partial charge in [0.05, 0.1) is 19.3 Å². The number of rotatable bonds is 6. The van der Waals surface area contributed by atoms with Gasteiger partial charge in [-0.15, -0.1) is 0 Å². The minimum atomic E-state index is -0.216. The number of hydrogen-bond acceptors (Lipinski definition) is 4. The molecular weight excluding hydrogens is 232 g/mol. The summed E-state index contributed by atoms with van der Waals surface area (Å²) in [6.45, 7) is 5.48. The van der Waals surface area contributed by atoms with Gasteiger partial charge in [0.15, 0.2) is 0 Å². The molecule has 2 fully saturated rings. The van der Waals surface area contributed by atoms with Gasteiger partial charge in [0.2, 0.25) is 5.91 Å². The molecule has 18 heavy (non-hydrogen) atoms. The zero-order valence-electron chi connectivity index (χ0n) is 11.4. The summed E-state index contributed by atoms with van der Waals surface area (Å²) in [5, 5.41) is 3.21. The Bertz CT molecular complexity index is 281. The summed E-state index contributed by atoms with van der Waals surface area (Å²) in [6, 6.07) is -0.216. The second kappa shape index (κ2) is 6.50. The van der Waals surface area contributed by atoms with Gasteiger partial charge in [-0.2, -0.15) is 0 Å². The highest BCUT2D eigenvalue weighted by molar-refractivity contribution is 5.82. The molecule has 0 aromatic carbocycles. The summed E-state index contributed by atoms with van der Waals surface area (Å²) >= 11 is 0. The van der Waals surface area contributed by atoms with Gasteiger partial charge in [-0.1, -0.05) is 0 Å². The molecule has 0 unspecified atom stereocenters. The monoisotopic (exact) mass is 256 g/mol. The molecule has 2 aliphatic rings. The number of nitrogens with zero attached hydrogens (tertiary/aromatic N) is 1. The fraction of sp³-hybridized carbons (Fsp3) is 0.923. The average molecular weight is 256 g/mol. The van der Waals surface area contributed by atoms with Crippen molar-refractivity contribution in [1.29, 1.82) is 0 Å². The minimum absolute atomic E-state index is 0.0546. The quantitative estimate of drug-likeness (QED) is 0.692. The van der Waals surface area contributed by atoms with Gasteiger partial charge in [-0.25, -0.2) is 0 Å². The molecule has 1 saturated heterocycles. The van der Waals surface area contributed by atoms with Crippen molar-refractivity contribution in [2.45, 2.75) is 31.9 Å². The first-order valence-electron chi connectivity index (χ1n) is 6.86. The van der Waals surface area contributed by atoms with Crippen molar-refractivity contribution in [3.05, 3.63) is 0 Å². The standard InChI is InChI=1S/C13H24N2O3/c1-10-12(14-5-7-18-10)13(16)15(2)6-8-17-9-11-3-4-11/h10-12,14H,3-9H2,1-2H3/t10-,12+/m1/s1. The molecule has 1 amide bonds. The molecule has 0 radical (unpaired) electrons. The van der Waals surface area contributed by atoms with Crippen LogP contribution in [0.15, 0.2) is 0 Å². The predicted molar refractivity (Wildman–Crippen MR) is 68.4 cm³/mol. The second-order valence-electron chi connectivity index (χ2n) is 5.29. The molecule has 5 heteroatoms. The van der Waals surface area contributed by atoms with Gasteiger partial charge in [0.25, 0.3) is 0 Å². The van der Waals surface area contributed by atoms with Crippen LogP contribution in [-0.2, 0) is 14.3 Å². The Labute approximate surface area is 109 Å². The summed E-state index contributed by atoms with van der Waals surface area (Å²) in [6.07, 6.45) is 2.55. The summed E-state index contributed by atoms with van der Waals surface area (Å²) < 4.78 is 11.0. The van der Waals surface area contributed by atoms with Gasteiger partial charge in [-0.3, -0.25) is 4.79 Å². The maximum absolute atomic E-state index is 12.2. The number of amides is 1. The molecule has 104 valence electrons. The lowest BCUT2D eigenvalue weighted by atomic mass is 10.1. The van der Waals surface area contributed by atoms with Crippen molar-refractivity contribution in [2.75, 3.05) is 40.0 Å². The summed E-state index contributed by atoms with van der Waals surface area (Å²) in [4.78, 5) is 13.9. The Morgan fingerprint density at radius 3 is 2.94 bits per heavy atom. The molecule has 5 nitrogen and oxygen atoms in total. The summed E-state index contributed by atoms with van der Waals surface area (Å²) in [5.74, 6) is 0.872. The zero-order valence-corrected chi connectivity index (χ0v) is 11.4. The van der Waals surface area contributed by atoms with Crippen LogP contribution in [0.3, 0.4) is 0 Å². The van der Waals surface area contributed by atoms with Crippen molar-refractivity contribution in [2.24, 2.45) is 5.92 Å². The first-order chi connectivity index (χ1) is 8.68. The number of likely N-dealkylation sites (N-methyl/N-ethyl adjacent to an activating group) is 1. The van der Waals surface area contributed by atoms with Crippen LogP contribution in [0.1, 0.15) is 19.8 Å². The lowest BCUT2D eigenvalue weighted by Gasteiger charge is -2.32. The van der Waals surface area contributed by atoms with E-state index < -0.39 is 0 Å². The third kappa shape index (κ3) is 3.93. The first-order valence-corrected chi connectivity index (χ1v) is 6.86. The van der Waals surface area contributed by atoms with E-state index in [1.807, 2.05) is 14.0 Å². The van der Waals surface area contributed by atoms with Crippen LogP contribution in [0, 0.1) is 5.92 Å². The van der Waals surface area contributed by atoms with E-state index in [0.29, 0.717) is 19.8 Å². The van der Waals surface area contributed by atoms with Crippen LogP contribution in [0.25, 0.3) is 0 Å². The van der Waals surface area contributed by atoms with Crippen LogP contribution in [0.2, 0.25) is 0 Å². The number of ether oxygens (including phenoxy) is 2. The van der Waals surface area contributed by atoms with Crippen LogP contribution >= 0.6 is 0 Å². The fourth-order valence-electron chi connectivity index (χ4n) is 2.09. The van der Waals surface area contributed by atoms with E-state index in [9.17, 15) is 4.79 Å². The number of morpholine rings is 1. The lowest BCUT2D eigenvalue weighted by Crippen LogP contribution is -2.56. The van der Waals surface area contributed by atoms with Gasteiger partial charge < -0.3 is 19.7 Å². The van der Waals surface area contributed by atoms with Crippen molar-refractivity contribution in [3.8, 4) is 0 Å². The molecule has 0 bridgehead atoms. The summed E-state index contributed by atoms with van der Waals surface area (Å²) in [7, 11) is 1.83. The molecule has 1 heterocycles. The maximum atomic E-state index is 12.2. The van der Waals surface area contributed by atoms with Crippen LogP contribution in [0.4, 0.5) is 0 Å². The van der Waals surface area contributed by atoms with E-state index in [4.69, 9.17) is 9.47 Å². The summed E-state index contributed by atoms with van der Waals surface area (Å²) in [5.41, 5.74) is 0. The molecule has 2 rings (SSSR count). The smallest absolute Gasteiger partial charge is 0.242 e. The lowest BCUT2D eigenvalue weighted by molar-refractivity contribution is -0.138. The molecule has 2 atom stereocenters. The van der Waals surface area contributed by atoms with Gasteiger partial charge in [0.1, 0.15) is 6.04 Å². The number of hydrogen-bond donors (Lipinski definition) is 1. The Morgan fingerprint density at radius 1 is 1.50 bits per heavy atom. The Kier molecular flexibility index (Phi) is 4.97. The van der Waals surface area contributed by atoms with E-state index in [1.165, 1.54) is 12.8 Å². The van der Waals surface area contributed by atoms with E-state index >= 15 is 0 Å². The Balaban J connectivity index is 1.65. The number of nitrogens with one attached hydrogen (secondary N) is 1. The molecular formula is C13H24N2O3. The normalized spacial score (nSPS) is 28.1. The van der Waals surface area contributed by atoms with Crippen LogP contribution in [0.5, 0.6) is 0 Å². The fourth-order valence-corrected chi connectivity index (χ4v) is 2.09. The molecule has 1 aliphatic heterocycles. The largest absolute Gasteiger partial charge is 0.379 e. The van der Waals surface area contributed by atoms with E-state index in [-0.39, 0.29) is 18.1 Å². The van der Waals surface area contributed by atoms with Gasteiger partial charge in [-0.05, 0) is 25.7 Å². The minimum Gasteiger partial charge on any atom is -0.379 e. The van der Waals surface area contributed by atoms with Crippen LogP contribution < -0.4 is 5.32 Å². The molecule has 1 N–H and O–H groups in total. The van der Waals surface area contributed by atoms with Crippen molar-refractivity contribution in [3.63, 3.8) is 0 Å². The molecule has 0 spiro atoms. The molecule has 0 aromatic heterocycles. The van der Waals surface area contributed by atoms with Gasteiger partial charge >= 0.3 is 0 Å². The van der Waals surface area contributed by atoms with E-state index in [2.05, 4.69) is 5.32 Å². The highest BCUT2D eigenvalue weighted by atomic mass is 16.5. The SMILES string of the molecule is C[C@H]1OCCN[C@@H]1C(=O)N(C)CCOCC1CC1. The predicted octanol–water partition coefficient (Wildman–Crippen LogP) is 0.248. The average Bonchev–Trinajstić information content (AvgIpc) is 3.18. The highest BCUT2D eigenvalue weighted by Gasteiger charge is 2.30. The maximum Gasteiger partial charge on any atom is 0.242 e. The van der Waals surface area contributed by atoms with E-state index in [0.717, 1.165) is 19.1 Å². The molecule has 0 aromatic rings. The third-order valence-corrected chi connectivity index (χ3v) is 3.58. The van der Waals surface area contributed by atoms with Gasteiger partial charge in [0, 0.05) is 26.7 Å².